The van der Waals surface area contributed by atoms with E-state index in [4.69, 9.17) is 4.74 Å². The minimum atomic E-state index is -0.790. The molecular formula is C13H20N2O4. The van der Waals surface area contributed by atoms with Gasteiger partial charge in [-0.3, -0.25) is 19.8 Å². The standard InChI is InChI=1S/C13H20N2O4/c1-7(2)10-11(16)14-13(18)15(12(10)17)8(3)9-5-4-6-19-9/h7-10H,4-6H2,1-3H3,(H,14,16,18). The van der Waals surface area contributed by atoms with Gasteiger partial charge in [0.25, 0.3) is 0 Å². The van der Waals surface area contributed by atoms with E-state index >= 15 is 0 Å². The molecule has 0 radical (unpaired) electrons. The molecule has 106 valence electrons. The van der Waals surface area contributed by atoms with Crippen LogP contribution in [0, 0.1) is 11.8 Å². The summed E-state index contributed by atoms with van der Waals surface area (Å²) in [5.74, 6) is -1.84. The van der Waals surface area contributed by atoms with Gasteiger partial charge in [-0.15, -0.1) is 0 Å². The van der Waals surface area contributed by atoms with Gasteiger partial charge in [0.1, 0.15) is 5.92 Å². The number of nitrogens with one attached hydrogen (secondary N) is 1. The highest BCUT2D eigenvalue weighted by atomic mass is 16.5. The van der Waals surface area contributed by atoms with Crippen molar-refractivity contribution in [3.8, 4) is 0 Å². The summed E-state index contributed by atoms with van der Waals surface area (Å²) in [5.41, 5.74) is 0. The van der Waals surface area contributed by atoms with E-state index < -0.39 is 23.8 Å². The quantitative estimate of drug-likeness (QED) is 0.772. The summed E-state index contributed by atoms with van der Waals surface area (Å²) >= 11 is 0. The minimum absolute atomic E-state index is 0.129. The van der Waals surface area contributed by atoms with Gasteiger partial charge in [-0.25, -0.2) is 4.79 Å². The number of urea groups is 1. The first-order chi connectivity index (χ1) is 8.93. The van der Waals surface area contributed by atoms with E-state index in [9.17, 15) is 14.4 Å². The van der Waals surface area contributed by atoms with Crippen LogP contribution in [0.2, 0.25) is 0 Å². The molecule has 3 unspecified atom stereocenters. The monoisotopic (exact) mass is 268 g/mol. The topological polar surface area (TPSA) is 75.7 Å². The Bertz CT molecular complexity index is 401. The van der Waals surface area contributed by atoms with Crippen LogP contribution in [0.15, 0.2) is 0 Å². The summed E-state index contributed by atoms with van der Waals surface area (Å²) in [6, 6.07) is -0.973. The van der Waals surface area contributed by atoms with Gasteiger partial charge in [0.15, 0.2) is 0 Å². The molecule has 1 N–H and O–H groups in total. The van der Waals surface area contributed by atoms with Crippen molar-refractivity contribution in [2.75, 3.05) is 6.61 Å². The van der Waals surface area contributed by atoms with Crippen molar-refractivity contribution in [3.05, 3.63) is 0 Å². The fourth-order valence-electron chi connectivity index (χ4n) is 2.73. The summed E-state index contributed by atoms with van der Waals surface area (Å²) in [6.45, 7) is 6.05. The predicted octanol–water partition coefficient (Wildman–Crippen LogP) is 0.904. The minimum Gasteiger partial charge on any atom is -0.376 e. The van der Waals surface area contributed by atoms with Crippen LogP contribution in [0.4, 0.5) is 4.79 Å². The maximum Gasteiger partial charge on any atom is 0.331 e. The summed E-state index contributed by atoms with van der Waals surface area (Å²) in [6.07, 6.45) is 1.64. The molecule has 6 heteroatoms. The number of nitrogens with zero attached hydrogens (tertiary/aromatic N) is 1. The second-order valence-corrected chi connectivity index (χ2v) is 5.52. The second kappa shape index (κ2) is 5.28. The molecule has 0 bridgehead atoms. The first-order valence-corrected chi connectivity index (χ1v) is 6.73. The third-order valence-corrected chi connectivity index (χ3v) is 3.81. The van der Waals surface area contributed by atoms with Gasteiger partial charge in [-0.1, -0.05) is 13.8 Å². The Morgan fingerprint density at radius 3 is 2.47 bits per heavy atom. The maximum atomic E-state index is 12.4. The van der Waals surface area contributed by atoms with Crippen molar-refractivity contribution in [1.82, 2.24) is 10.2 Å². The number of carbonyl (C=O) groups is 3. The molecule has 6 nitrogen and oxygen atoms in total. The van der Waals surface area contributed by atoms with Gasteiger partial charge < -0.3 is 4.74 Å². The summed E-state index contributed by atoms with van der Waals surface area (Å²) in [4.78, 5) is 37.2. The van der Waals surface area contributed by atoms with Crippen LogP contribution in [-0.4, -0.2) is 41.5 Å². The summed E-state index contributed by atoms with van der Waals surface area (Å²) < 4.78 is 5.53. The molecule has 0 saturated carbocycles. The van der Waals surface area contributed by atoms with Gasteiger partial charge in [0.2, 0.25) is 11.8 Å². The third kappa shape index (κ3) is 2.49. The van der Waals surface area contributed by atoms with Crippen LogP contribution in [-0.2, 0) is 14.3 Å². The molecule has 0 spiro atoms. The molecule has 2 rings (SSSR count). The molecule has 0 aromatic heterocycles. The lowest BCUT2D eigenvalue weighted by molar-refractivity contribution is -0.147. The average Bonchev–Trinajstić information content (AvgIpc) is 2.80. The summed E-state index contributed by atoms with van der Waals surface area (Å²) in [7, 11) is 0. The molecule has 4 amide bonds. The summed E-state index contributed by atoms with van der Waals surface area (Å²) in [5, 5.41) is 2.27. The normalized spacial score (nSPS) is 29.9. The molecular weight excluding hydrogens is 248 g/mol. The molecule has 0 aliphatic carbocycles. The van der Waals surface area contributed by atoms with E-state index in [0.29, 0.717) is 6.61 Å². The van der Waals surface area contributed by atoms with E-state index in [1.807, 2.05) is 0 Å². The molecule has 0 aromatic rings. The number of amides is 4. The number of ether oxygens (including phenoxy) is 1. The van der Waals surface area contributed by atoms with Crippen LogP contribution in [0.1, 0.15) is 33.6 Å². The highest BCUT2D eigenvalue weighted by molar-refractivity contribution is 6.16. The zero-order valence-electron chi connectivity index (χ0n) is 11.5. The van der Waals surface area contributed by atoms with Gasteiger partial charge in [-0.05, 0) is 25.7 Å². The molecule has 0 aromatic carbocycles. The van der Waals surface area contributed by atoms with Gasteiger partial charge >= 0.3 is 6.03 Å². The molecule has 2 heterocycles. The van der Waals surface area contributed by atoms with E-state index in [2.05, 4.69) is 5.32 Å². The lowest BCUT2D eigenvalue weighted by Gasteiger charge is -2.37. The smallest absolute Gasteiger partial charge is 0.331 e. The van der Waals surface area contributed by atoms with Crippen molar-refractivity contribution < 1.29 is 19.1 Å². The maximum absolute atomic E-state index is 12.4. The Labute approximate surface area is 112 Å². The number of hydrogen-bond donors (Lipinski definition) is 1. The number of carbonyl (C=O) groups excluding carboxylic acids is 3. The fourth-order valence-corrected chi connectivity index (χ4v) is 2.73. The second-order valence-electron chi connectivity index (χ2n) is 5.52. The van der Waals surface area contributed by atoms with Crippen molar-refractivity contribution in [1.29, 1.82) is 0 Å². The van der Waals surface area contributed by atoms with Crippen molar-refractivity contribution >= 4 is 17.8 Å². The van der Waals surface area contributed by atoms with Crippen molar-refractivity contribution in [3.63, 3.8) is 0 Å². The van der Waals surface area contributed by atoms with Crippen molar-refractivity contribution in [2.24, 2.45) is 11.8 Å². The number of imide groups is 2. The van der Waals surface area contributed by atoms with Crippen LogP contribution < -0.4 is 5.32 Å². The van der Waals surface area contributed by atoms with Crippen LogP contribution in [0.3, 0.4) is 0 Å². The highest BCUT2D eigenvalue weighted by Gasteiger charge is 2.45. The van der Waals surface area contributed by atoms with Crippen LogP contribution in [0.5, 0.6) is 0 Å². The molecule has 2 aliphatic heterocycles. The van der Waals surface area contributed by atoms with Crippen LogP contribution >= 0.6 is 0 Å². The first kappa shape index (κ1) is 14.0. The Kier molecular flexibility index (Phi) is 3.89. The number of rotatable bonds is 3. The average molecular weight is 268 g/mol. The Morgan fingerprint density at radius 1 is 1.26 bits per heavy atom. The predicted molar refractivity (Wildman–Crippen MR) is 67.1 cm³/mol. The van der Waals surface area contributed by atoms with E-state index in [-0.39, 0.29) is 18.1 Å². The zero-order valence-corrected chi connectivity index (χ0v) is 11.5. The molecule has 2 saturated heterocycles. The van der Waals surface area contributed by atoms with Gasteiger partial charge in [0, 0.05) is 6.61 Å². The zero-order chi connectivity index (χ0) is 14.2. The highest BCUT2D eigenvalue weighted by Crippen LogP contribution is 2.25. The van der Waals surface area contributed by atoms with E-state index in [0.717, 1.165) is 17.7 Å². The number of hydrogen-bond acceptors (Lipinski definition) is 4. The first-order valence-electron chi connectivity index (χ1n) is 6.73. The third-order valence-electron chi connectivity index (χ3n) is 3.81. The fraction of sp³-hybridized carbons (Fsp3) is 0.769. The van der Waals surface area contributed by atoms with E-state index in [1.54, 1.807) is 20.8 Å². The lowest BCUT2D eigenvalue weighted by Crippen LogP contribution is -2.63. The Balaban J connectivity index is 2.20. The molecule has 2 fully saturated rings. The molecule has 2 aliphatic rings. The van der Waals surface area contributed by atoms with Crippen molar-refractivity contribution in [2.45, 2.75) is 45.8 Å². The van der Waals surface area contributed by atoms with E-state index in [1.165, 1.54) is 0 Å². The lowest BCUT2D eigenvalue weighted by atomic mass is 9.91. The Hall–Kier alpha value is -1.43. The SMILES string of the molecule is CC(C)C1C(=O)NC(=O)N(C(C)C2CCCO2)C1=O. The van der Waals surface area contributed by atoms with Gasteiger partial charge in [0.05, 0.1) is 12.1 Å². The van der Waals surface area contributed by atoms with Gasteiger partial charge in [-0.2, -0.15) is 0 Å². The van der Waals surface area contributed by atoms with Crippen LogP contribution in [0.25, 0.3) is 0 Å². The number of barbiturate groups is 1. The largest absolute Gasteiger partial charge is 0.376 e. The Morgan fingerprint density at radius 2 is 1.95 bits per heavy atom. The molecule has 3 atom stereocenters. The molecule has 19 heavy (non-hydrogen) atoms.